The Labute approximate surface area is 147 Å². The van der Waals surface area contributed by atoms with Gasteiger partial charge >= 0.3 is 0 Å². The second-order valence-corrected chi connectivity index (χ2v) is 7.24. The molecule has 3 rings (SSSR count). The van der Waals surface area contributed by atoms with Crippen molar-refractivity contribution in [2.45, 2.75) is 47.6 Å². The Kier molecular flexibility index (Phi) is 4.21. The molecule has 0 spiro atoms. The number of rotatable bonds is 2. The van der Waals surface area contributed by atoms with E-state index in [4.69, 9.17) is 0 Å². The average Bonchev–Trinajstić information content (AvgIpc) is 2.79. The van der Waals surface area contributed by atoms with Gasteiger partial charge < -0.3 is 9.80 Å². The topological polar surface area (TPSA) is 6.48 Å². The zero-order valence-electron chi connectivity index (χ0n) is 15.9. The van der Waals surface area contributed by atoms with Crippen molar-refractivity contribution < 1.29 is 0 Å². The summed E-state index contributed by atoms with van der Waals surface area (Å²) in [4.78, 5) is 4.78. The van der Waals surface area contributed by atoms with E-state index in [-0.39, 0.29) is 6.07 Å². The molecule has 0 N–H and O–H groups in total. The third-order valence-corrected chi connectivity index (χ3v) is 4.98. The second kappa shape index (κ2) is 6.05. The standard InChI is InChI=1S/C21H27BN2/c1-13-9-15(3)19(16(4)10-13)23-7-8-24(21(23)22)20-17(5)11-14(2)12-18(20)6/h7-12,21H,22H2,1-6H3. The Bertz CT molecular complexity index is 709. The number of hydrogen-bond donors (Lipinski definition) is 0. The van der Waals surface area contributed by atoms with E-state index < -0.39 is 0 Å². The van der Waals surface area contributed by atoms with Gasteiger partial charge in [0.05, 0.1) is 6.07 Å². The summed E-state index contributed by atoms with van der Waals surface area (Å²) in [5.41, 5.74) is 10.7. The number of anilines is 2. The van der Waals surface area contributed by atoms with Crippen LogP contribution >= 0.6 is 0 Å². The third-order valence-electron chi connectivity index (χ3n) is 4.98. The maximum absolute atomic E-state index is 2.39. The van der Waals surface area contributed by atoms with Gasteiger partial charge in [0.2, 0.25) is 0 Å². The second-order valence-electron chi connectivity index (χ2n) is 7.24. The molecular weight excluding hydrogens is 291 g/mol. The van der Waals surface area contributed by atoms with Crippen LogP contribution in [0.25, 0.3) is 0 Å². The minimum Gasteiger partial charge on any atom is -0.333 e. The highest BCUT2D eigenvalue weighted by molar-refractivity contribution is 6.16. The molecule has 0 aromatic heterocycles. The van der Waals surface area contributed by atoms with E-state index >= 15 is 0 Å². The quantitative estimate of drug-likeness (QED) is 0.764. The van der Waals surface area contributed by atoms with Gasteiger partial charge in [-0.25, -0.2) is 0 Å². The van der Waals surface area contributed by atoms with Crippen LogP contribution in [0.3, 0.4) is 0 Å². The van der Waals surface area contributed by atoms with E-state index in [0.29, 0.717) is 0 Å². The first-order chi connectivity index (χ1) is 11.3. The zero-order valence-corrected chi connectivity index (χ0v) is 15.9. The molecule has 2 aromatic rings. The molecule has 124 valence electrons. The van der Waals surface area contributed by atoms with Crippen LogP contribution in [0.1, 0.15) is 33.4 Å². The highest BCUT2D eigenvalue weighted by Crippen LogP contribution is 2.35. The van der Waals surface area contributed by atoms with Gasteiger partial charge in [-0.15, -0.1) is 0 Å². The van der Waals surface area contributed by atoms with Crippen molar-refractivity contribution in [1.29, 1.82) is 0 Å². The maximum atomic E-state index is 2.39. The third kappa shape index (κ3) is 2.73. The lowest BCUT2D eigenvalue weighted by Gasteiger charge is -2.34. The van der Waals surface area contributed by atoms with Crippen LogP contribution in [0.4, 0.5) is 11.4 Å². The molecule has 0 radical (unpaired) electrons. The number of hydrogen-bond acceptors (Lipinski definition) is 2. The normalized spacial score (nSPS) is 14.8. The summed E-state index contributed by atoms with van der Waals surface area (Å²) in [6.07, 6.45) is 4.43. The summed E-state index contributed by atoms with van der Waals surface area (Å²) in [6, 6.07) is 9.36. The van der Waals surface area contributed by atoms with Crippen molar-refractivity contribution in [3.63, 3.8) is 0 Å². The van der Waals surface area contributed by atoms with Gasteiger partial charge in [-0.1, -0.05) is 35.4 Å². The van der Waals surface area contributed by atoms with Crippen molar-refractivity contribution >= 4 is 19.2 Å². The maximum Gasteiger partial charge on any atom is 0.158 e. The number of benzene rings is 2. The molecular formula is C21H27BN2. The van der Waals surface area contributed by atoms with Crippen LogP contribution in [-0.4, -0.2) is 13.9 Å². The van der Waals surface area contributed by atoms with Gasteiger partial charge in [-0.05, 0) is 63.8 Å². The molecule has 0 aliphatic carbocycles. The molecule has 3 heteroatoms. The van der Waals surface area contributed by atoms with Crippen molar-refractivity contribution in [1.82, 2.24) is 0 Å². The Morgan fingerprint density at radius 3 is 1.21 bits per heavy atom. The zero-order chi connectivity index (χ0) is 17.6. The van der Waals surface area contributed by atoms with E-state index in [0.717, 1.165) is 0 Å². The highest BCUT2D eigenvalue weighted by Gasteiger charge is 2.27. The van der Waals surface area contributed by atoms with E-state index in [1.807, 2.05) is 0 Å². The predicted octanol–water partition coefficient (Wildman–Crippen LogP) is 4.25. The monoisotopic (exact) mass is 318 g/mol. The van der Waals surface area contributed by atoms with Crippen LogP contribution in [0.2, 0.25) is 0 Å². The smallest absolute Gasteiger partial charge is 0.158 e. The van der Waals surface area contributed by atoms with Crippen LogP contribution < -0.4 is 9.80 Å². The molecule has 0 unspecified atom stereocenters. The molecule has 0 atom stereocenters. The van der Waals surface area contributed by atoms with Gasteiger partial charge in [0, 0.05) is 23.8 Å². The van der Waals surface area contributed by atoms with Crippen LogP contribution in [0, 0.1) is 41.5 Å². The fourth-order valence-corrected chi connectivity index (χ4v) is 4.21. The lowest BCUT2D eigenvalue weighted by molar-refractivity contribution is 0.882. The largest absolute Gasteiger partial charge is 0.333 e. The first-order valence-electron chi connectivity index (χ1n) is 8.70. The Balaban J connectivity index is 2.01. The molecule has 0 amide bonds. The van der Waals surface area contributed by atoms with Crippen molar-refractivity contribution in [3.8, 4) is 0 Å². The summed E-state index contributed by atoms with van der Waals surface area (Å²) >= 11 is 0. The fraction of sp³-hybridized carbons (Fsp3) is 0.333. The molecule has 2 aromatic carbocycles. The SMILES string of the molecule is BC1N(c2c(C)cc(C)cc2C)C=CN1c1c(C)cc(C)cc1C. The van der Waals surface area contributed by atoms with E-state index in [9.17, 15) is 0 Å². The lowest BCUT2D eigenvalue weighted by Crippen LogP contribution is -2.40. The van der Waals surface area contributed by atoms with Crippen molar-refractivity contribution in [3.05, 3.63) is 70.0 Å². The van der Waals surface area contributed by atoms with Gasteiger partial charge in [0.15, 0.2) is 7.85 Å². The Morgan fingerprint density at radius 2 is 0.917 bits per heavy atom. The van der Waals surface area contributed by atoms with Crippen LogP contribution in [-0.2, 0) is 0 Å². The van der Waals surface area contributed by atoms with E-state index in [1.165, 1.54) is 44.8 Å². The highest BCUT2D eigenvalue weighted by atomic mass is 15.4. The Morgan fingerprint density at radius 1 is 0.625 bits per heavy atom. The van der Waals surface area contributed by atoms with E-state index in [2.05, 4.69) is 95.9 Å². The molecule has 1 aliphatic heterocycles. The summed E-state index contributed by atoms with van der Waals surface area (Å²) in [6.45, 7) is 13.2. The van der Waals surface area contributed by atoms with Gasteiger partial charge in [0.1, 0.15) is 0 Å². The first-order valence-corrected chi connectivity index (χ1v) is 8.70. The van der Waals surface area contributed by atoms with Crippen LogP contribution in [0.5, 0.6) is 0 Å². The summed E-state index contributed by atoms with van der Waals surface area (Å²) in [7, 11) is 2.28. The van der Waals surface area contributed by atoms with Crippen molar-refractivity contribution in [2.24, 2.45) is 0 Å². The number of aryl methyl sites for hydroxylation is 6. The Hall–Kier alpha value is -2.16. The molecule has 0 saturated heterocycles. The minimum absolute atomic E-state index is 0.269. The fourth-order valence-electron chi connectivity index (χ4n) is 4.21. The summed E-state index contributed by atoms with van der Waals surface area (Å²) in [5, 5.41) is 0. The van der Waals surface area contributed by atoms with Crippen LogP contribution in [0.15, 0.2) is 36.7 Å². The molecule has 0 saturated carbocycles. The molecule has 0 fully saturated rings. The molecule has 1 aliphatic rings. The van der Waals surface area contributed by atoms with Gasteiger partial charge in [-0.3, -0.25) is 0 Å². The van der Waals surface area contributed by atoms with Gasteiger partial charge in [-0.2, -0.15) is 0 Å². The molecule has 1 heterocycles. The minimum atomic E-state index is 0.269. The first kappa shape index (κ1) is 16.7. The van der Waals surface area contributed by atoms with Crippen molar-refractivity contribution in [2.75, 3.05) is 9.80 Å². The average molecular weight is 318 g/mol. The van der Waals surface area contributed by atoms with E-state index in [1.54, 1.807) is 0 Å². The summed E-state index contributed by atoms with van der Waals surface area (Å²) in [5.74, 6) is 0. The predicted molar refractivity (Wildman–Crippen MR) is 108 cm³/mol. The number of nitrogens with zero attached hydrogens (tertiary/aromatic N) is 2. The summed E-state index contributed by atoms with van der Waals surface area (Å²) < 4.78 is 0. The molecule has 0 bridgehead atoms. The van der Waals surface area contributed by atoms with Gasteiger partial charge in [0.25, 0.3) is 0 Å². The molecule has 2 nitrogen and oxygen atoms in total. The lowest BCUT2D eigenvalue weighted by atomic mass is 9.96. The molecule has 24 heavy (non-hydrogen) atoms.